The molecular weight excluding hydrogens is 292 g/mol. The number of hydrogen-bond donors (Lipinski definition) is 2. The summed E-state index contributed by atoms with van der Waals surface area (Å²) < 4.78 is 0. The van der Waals surface area contributed by atoms with Crippen LogP contribution in [-0.2, 0) is 13.0 Å². The molecule has 2 aromatic rings. The number of fused-ring (bicyclic) bond motifs is 1. The molecule has 2 N–H and O–H groups in total. The van der Waals surface area contributed by atoms with Crippen molar-refractivity contribution in [2.24, 2.45) is 0 Å². The van der Waals surface area contributed by atoms with Crippen LogP contribution in [0, 0.1) is 0 Å². The molecule has 1 aliphatic heterocycles. The normalized spacial score (nSPS) is 15.7. The van der Waals surface area contributed by atoms with Crippen LogP contribution in [0.5, 0.6) is 0 Å². The molecule has 0 spiro atoms. The lowest BCUT2D eigenvalue weighted by molar-refractivity contribution is 0.0837. The smallest absolute Gasteiger partial charge is 0.271 e. The van der Waals surface area contributed by atoms with E-state index in [-0.39, 0.29) is 18.1 Å². The molecule has 0 bridgehead atoms. The lowest BCUT2D eigenvalue weighted by atomic mass is 10.00. The molecule has 6 heteroatoms. The molecule has 6 nitrogen and oxygen atoms in total. The van der Waals surface area contributed by atoms with Crippen molar-refractivity contribution in [3.63, 3.8) is 0 Å². The second-order valence-electron chi connectivity index (χ2n) is 5.71. The van der Waals surface area contributed by atoms with E-state index < -0.39 is 6.10 Å². The topological polar surface area (TPSA) is 78.4 Å². The minimum absolute atomic E-state index is 0.202. The summed E-state index contributed by atoms with van der Waals surface area (Å²) in [4.78, 5) is 21.9. The van der Waals surface area contributed by atoms with E-state index >= 15 is 0 Å². The van der Waals surface area contributed by atoms with Crippen molar-refractivity contribution >= 4 is 5.91 Å². The van der Waals surface area contributed by atoms with Crippen molar-refractivity contribution in [1.29, 1.82) is 0 Å². The third-order valence-electron chi connectivity index (χ3n) is 3.97. The van der Waals surface area contributed by atoms with Crippen molar-refractivity contribution in [3.8, 4) is 0 Å². The Morgan fingerprint density at radius 3 is 2.91 bits per heavy atom. The van der Waals surface area contributed by atoms with Crippen LogP contribution in [0.15, 0.2) is 42.9 Å². The summed E-state index contributed by atoms with van der Waals surface area (Å²) in [6.07, 6.45) is 4.77. The van der Waals surface area contributed by atoms with E-state index in [1.165, 1.54) is 29.7 Å². The molecule has 1 atom stereocenters. The van der Waals surface area contributed by atoms with Crippen molar-refractivity contribution in [3.05, 3.63) is 59.7 Å². The lowest BCUT2D eigenvalue weighted by Gasteiger charge is -2.30. The quantitative estimate of drug-likeness (QED) is 0.846. The summed E-state index contributed by atoms with van der Waals surface area (Å²) in [7, 11) is 0. The van der Waals surface area contributed by atoms with Crippen LogP contribution in [-0.4, -0.2) is 51.6 Å². The summed E-state index contributed by atoms with van der Waals surface area (Å²) >= 11 is 0. The van der Waals surface area contributed by atoms with E-state index in [9.17, 15) is 9.90 Å². The maximum Gasteiger partial charge on any atom is 0.271 e. The monoisotopic (exact) mass is 312 g/mol. The highest BCUT2D eigenvalue weighted by Crippen LogP contribution is 2.18. The minimum atomic E-state index is -0.610. The SMILES string of the molecule is O=C(NCC(O)CN1CCc2ccccc2C1)c1cnccn1. The van der Waals surface area contributed by atoms with Crippen LogP contribution in [0.4, 0.5) is 0 Å². The maximum atomic E-state index is 11.9. The third-order valence-corrected chi connectivity index (χ3v) is 3.97. The molecule has 1 unspecified atom stereocenters. The van der Waals surface area contributed by atoms with Crippen molar-refractivity contribution in [1.82, 2.24) is 20.2 Å². The predicted molar refractivity (Wildman–Crippen MR) is 85.8 cm³/mol. The number of carbonyl (C=O) groups excluding carboxylic acids is 1. The van der Waals surface area contributed by atoms with Gasteiger partial charge in [0, 0.05) is 38.6 Å². The first-order chi connectivity index (χ1) is 11.2. The molecule has 0 radical (unpaired) electrons. The predicted octanol–water partition coefficient (Wildman–Crippen LogP) is 0.626. The summed E-state index contributed by atoms with van der Waals surface area (Å²) in [5, 5.41) is 12.8. The highest BCUT2D eigenvalue weighted by Gasteiger charge is 2.19. The van der Waals surface area contributed by atoms with E-state index in [4.69, 9.17) is 0 Å². The first-order valence-corrected chi connectivity index (χ1v) is 7.74. The van der Waals surface area contributed by atoms with Gasteiger partial charge < -0.3 is 10.4 Å². The van der Waals surface area contributed by atoms with Gasteiger partial charge in [0.05, 0.1) is 12.3 Å². The zero-order valence-electron chi connectivity index (χ0n) is 12.9. The van der Waals surface area contributed by atoms with E-state index in [2.05, 4.69) is 38.4 Å². The van der Waals surface area contributed by atoms with Crippen molar-refractivity contribution in [2.45, 2.75) is 19.1 Å². The number of aromatic nitrogens is 2. The average Bonchev–Trinajstić information content (AvgIpc) is 2.60. The van der Waals surface area contributed by atoms with Gasteiger partial charge in [0.25, 0.3) is 5.91 Å². The second kappa shape index (κ2) is 7.30. The van der Waals surface area contributed by atoms with Gasteiger partial charge in [-0.05, 0) is 17.5 Å². The number of β-amino-alcohol motifs (C(OH)–C–C–N with tert-alkyl or cyclic N) is 1. The molecule has 1 aromatic heterocycles. The van der Waals surface area contributed by atoms with Gasteiger partial charge in [0.1, 0.15) is 5.69 Å². The fourth-order valence-corrected chi connectivity index (χ4v) is 2.79. The average molecular weight is 312 g/mol. The van der Waals surface area contributed by atoms with Crippen LogP contribution in [0.3, 0.4) is 0 Å². The van der Waals surface area contributed by atoms with Gasteiger partial charge in [0.2, 0.25) is 0 Å². The Kier molecular flexibility index (Phi) is 4.95. The summed E-state index contributed by atoms with van der Waals surface area (Å²) in [6, 6.07) is 8.39. The van der Waals surface area contributed by atoms with Crippen molar-refractivity contribution < 1.29 is 9.90 Å². The van der Waals surface area contributed by atoms with E-state index in [1.54, 1.807) is 0 Å². The number of nitrogens with zero attached hydrogens (tertiary/aromatic N) is 3. The lowest BCUT2D eigenvalue weighted by Crippen LogP contribution is -2.42. The second-order valence-corrected chi connectivity index (χ2v) is 5.71. The fraction of sp³-hybridized carbons (Fsp3) is 0.353. The molecule has 23 heavy (non-hydrogen) atoms. The third kappa shape index (κ3) is 4.12. The zero-order valence-corrected chi connectivity index (χ0v) is 12.9. The van der Waals surface area contributed by atoms with Crippen LogP contribution in [0.25, 0.3) is 0 Å². The van der Waals surface area contributed by atoms with Crippen molar-refractivity contribution in [2.75, 3.05) is 19.6 Å². The first kappa shape index (κ1) is 15.6. The largest absolute Gasteiger partial charge is 0.390 e. The maximum absolute atomic E-state index is 11.9. The number of rotatable bonds is 5. The molecule has 120 valence electrons. The number of amides is 1. The minimum Gasteiger partial charge on any atom is -0.390 e. The van der Waals surface area contributed by atoms with E-state index in [0.29, 0.717) is 6.54 Å². The number of aliphatic hydroxyl groups is 1. The van der Waals surface area contributed by atoms with Gasteiger partial charge in [0.15, 0.2) is 0 Å². The molecule has 0 fully saturated rings. The number of aliphatic hydroxyl groups excluding tert-OH is 1. The summed E-state index contributed by atoms with van der Waals surface area (Å²) in [6.45, 7) is 2.50. The molecule has 1 aliphatic rings. The van der Waals surface area contributed by atoms with E-state index in [1.807, 2.05) is 6.07 Å². The van der Waals surface area contributed by atoms with Gasteiger partial charge in [-0.3, -0.25) is 14.7 Å². The molecule has 3 rings (SSSR count). The summed E-state index contributed by atoms with van der Waals surface area (Å²) in [5.74, 6) is -0.318. The molecule has 1 aromatic carbocycles. The fourth-order valence-electron chi connectivity index (χ4n) is 2.79. The van der Waals surface area contributed by atoms with Gasteiger partial charge in [-0.15, -0.1) is 0 Å². The zero-order chi connectivity index (χ0) is 16.1. The standard InChI is InChI=1S/C17H20N4O2/c22-15(9-20-17(23)16-10-18-6-7-19-16)12-21-8-5-13-3-1-2-4-14(13)11-21/h1-4,6-7,10,15,22H,5,8-9,11-12H2,(H,20,23). The van der Waals surface area contributed by atoms with Gasteiger partial charge in [-0.1, -0.05) is 24.3 Å². The number of hydrogen-bond acceptors (Lipinski definition) is 5. The number of carbonyl (C=O) groups is 1. The number of nitrogens with one attached hydrogen (secondary N) is 1. The first-order valence-electron chi connectivity index (χ1n) is 7.74. The Bertz CT molecular complexity index is 663. The molecule has 1 amide bonds. The van der Waals surface area contributed by atoms with Gasteiger partial charge >= 0.3 is 0 Å². The molecular formula is C17H20N4O2. The highest BCUT2D eigenvalue weighted by molar-refractivity contribution is 5.91. The Morgan fingerprint density at radius 2 is 2.13 bits per heavy atom. The molecule has 2 heterocycles. The highest BCUT2D eigenvalue weighted by atomic mass is 16.3. The van der Waals surface area contributed by atoms with Crippen LogP contribution < -0.4 is 5.32 Å². The van der Waals surface area contributed by atoms with E-state index in [0.717, 1.165) is 19.5 Å². The van der Waals surface area contributed by atoms with Gasteiger partial charge in [-0.25, -0.2) is 4.98 Å². The van der Waals surface area contributed by atoms with Crippen LogP contribution in [0.1, 0.15) is 21.6 Å². The van der Waals surface area contributed by atoms with Gasteiger partial charge in [-0.2, -0.15) is 0 Å². The number of benzene rings is 1. The Morgan fingerprint density at radius 1 is 1.30 bits per heavy atom. The Labute approximate surface area is 135 Å². The molecule has 0 saturated carbocycles. The Balaban J connectivity index is 1.47. The van der Waals surface area contributed by atoms with Crippen LogP contribution in [0.2, 0.25) is 0 Å². The molecule has 0 saturated heterocycles. The molecule has 0 aliphatic carbocycles. The van der Waals surface area contributed by atoms with Crippen LogP contribution >= 0.6 is 0 Å². The summed E-state index contributed by atoms with van der Waals surface area (Å²) in [5.41, 5.74) is 2.95. The Hall–Kier alpha value is -2.31.